The van der Waals surface area contributed by atoms with Gasteiger partial charge in [0.1, 0.15) is 6.04 Å². The van der Waals surface area contributed by atoms with Gasteiger partial charge in [-0.3, -0.25) is 9.59 Å². The number of rotatable bonds is 18. The number of carboxylic acids is 2. The zero-order valence-electron chi connectivity index (χ0n) is 18.1. The minimum Gasteiger partial charge on any atom is -0.481 e. The molecule has 0 heterocycles. The summed E-state index contributed by atoms with van der Waals surface area (Å²) in [5.41, 5.74) is 0. The summed E-state index contributed by atoms with van der Waals surface area (Å²) in [6, 6.07) is -1.38. The van der Waals surface area contributed by atoms with Crippen molar-refractivity contribution < 1.29 is 24.6 Å². The largest absolute Gasteiger partial charge is 0.481 e. The lowest BCUT2D eigenvalue weighted by Crippen LogP contribution is -2.42. The Kier molecular flexibility index (Phi) is 18.0. The molecule has 0 saturated heterocycles. The maximum Gasteiger partial charge on any atom is 0.326 e. The number of hydrogen-bond donors (Lipinski definition) is 3. The Morgan fingerprint density at radius 3 is 1.73 bits per heavy atom. The van der Waals surface area contributed by atoms with Crippen LogP contribution in [0.3, 0.4) is 0 Å². The van der Waals surface area contributed by atoms with E-state index in [1.807, 2.05) is 12.2 Å². The number of amides is 1. The van der Waals surface area contributed by atoms with Crippen molar-refractivity contribution in [3.8, 4) is 0 Å². The van der Waals surface area contributed by atoms with Crippen molar-refractivity contribution in [2.75, 3.05) is 0 Å². The Bertz CT molecular complexity index is 605. The maximum atomic E-state index is 11.7. The SMILES string of the molecule is CCCCC/C=C\C/C=C\C/C=C\C/C=C\CCCC(=O)NC(CC(=O)O)C(=O)O. The average molecular weight is 420 g/mol. The van der Waals surface area contributed by atoms with Crippen molar-refractivity contribution in [3.63, 3.8) is 0 Å². The minimum absolute atomic E-state index is 0.168. The lowest BCUT2D eigenvalue weighted by Gasteiger charge is -2.11. The van der Waals surface area contributed by atoms with Crippen molar-refractivity contribution in [2.24, 2.45) is 0 Å². The quantitative estimate of drug-likeness (QED) is 0.210. The summed E-state index contributed by atoms with van der Waals surface area (Å²) in [4.78, 5) is 33.2. The van der Waals surface area contributed by atoms with Crippen LogP contribution < -0.4 is 5.32 Å². The molecule has 0 aromatic heterocycles. The van der Waals surface area contributed by atoms with E-state index in [1.54, 1.807) is 0 Å². The fourth-order valence-electron chi connectivity index (χ4n) is 2.58. The van der Waals surface area contributed by atoms with E-state index < -0.39 is 30.3 Å². The molecule has 0 aliphatic rings. The Hall–Kier alpha value is -2.63. The highest BCUT2D eigenvalue weighted by atomic mass is 16.4. The lowest BCUT2D eigenvalue weighted by molar-refractivity contribution is -0.147. The van der Waals surface area contributed by atoms with E-state index in [4.69, 9.17) is 10.2 Å². The van der Waals surface area contributed by atoms with Gasteiger partial charge in [0.05, 0.1) is 6.42 Å². The molecule has 0 saturated carbocycles. The van der Waals surface area contributed by atoms with E-state index in [0.29, 0.717) is 12.8 Å². The van der Waals surface area contributed by atoms with E-state index in [1.165, 1.54) is 25.7 Å². The number of carboxylic acid groups (broad SMARTS) is 2. The summed E-state index contributed by atoms with van der Waals surface area (Å²) in [6.45, 7) is 2.21. The molecular formula is C24H37NO5. The van der Waals surface area contributed by atoms with Crippen molar-refractivity contribution in [1.29, 1.82) is 0 Å². The highest BCUT2D eigenvalue weighted by Crippen LogP contribution is 2.02. The van der Waals surface area contributed by atoms with Gasteiger partial charge in [-0.25, -0.2) is 4.79 Å². The molecule has 0 aromatic rings. The first-order valence-corrected chi connectivity index (χ1v) is 10.8. The standard InChI is InChI=1S/C24H37NO5/c1-2-3-4-5-6-7-8-9-10-11-12-13-14-15-16-17-18-19-22(26)25-21(24(29)30)20-23(27)28/h6-7,9-10,12-13,15-16,21H,2-5,8,11,14,17-20H2,1H3,(H,25,26)(H,27,28)(H,29,30)/b7-6-,10-9-,13-12-,16-15-. The van der Waals surface area contributed by atoms with Crippen molar-refractivity contribution in [2.45, 2.75) is 83.6 Å². The third-order valence-corrected chi connectivity index (χ3v) is 4.24. The topological polar surface area (TPSA) is 104 Å². The van der Waals surface area contributed by atoms with Gasteiger partial charge in [-0.15, -0.1) is 0 Å². The molecule has 0 spiro atoms. The van der Waals surface area contributed by atoms with Crippen LogP contribution >= 0.6 is 0 Å². The molecule has 1 unspecified atom stereocenters. The molecular weight excluding hydrogens is 382 g/mol. The van der Waals surface area contributed by atoms with E-state index in [2.05, 4.69) is 48.7 Å². The Morgan fingerprint density at radius 1 is 0.767 bits per heavy atom. The second-order valence-corrected chi connectivity index (χ2v) is 7.04. The van der Waals surface area contributed by atoms with Gasteiger partial charge in [0, 0.05) is 6.42 Å². The van der Waals surface area contributed by atoms with Crippen LogP contribution in [0.4, 0.5) is 0 Å². The summed E-state index contributed by atoms with van der Waals surface area (Å²) in [6.07, 6.45) is 25.6. The smallest absolute Gasteiger partial charge is 0.326 e. The highest BCUT2D eigenvalue weighted by molar-refractivity contribution is 5.86. The van der Waals surface area contributed by atoms with E-state index in [9.17, 15) is 14.4 Å². The summed E-state index contributed by atoms with van der Waals surface area (Å²) < 4.78 is 0. The maximum absolute atomic E-state index is 11.7. The number of aliphatic carboxylic acids is 2. The predicted molar refractivity (Wildman–Crippen MR) is 120 cm³/mol. The fourth-order valence-corrected chi connectivity index (χ4v) is 2.58. The molecule has 6 nitrogen and oxygen atoms in total. The van der Waals surface area contributed by atoms with Gasteiger partial charge in [-0.05, 0) is 44.9 Å². The number of carbonyl (C=O) groups is 3. The molecule has 30 heavy (non-hydrogen) atoms. The van der Waals surface area contributed by atoms with Crippen LogP contribution in [0.5, 0.6) is 0 Å². The molecule has 0 aromatic carbocycles. The van der Waals surface area contributed by atoms with Crippen LogP contribution in [0.2, 0.25) is 0 Å². The molecule has 1 amide bonds. The summed E-state index contributed by atoms with van der Waals surface area (Å²) in [5, 5.41) is 19.8. The van der Waals surface area contributed by atoms with E-state index >= 15 is 0 Å². The van der Waals surface area contributed by atoms with Crippen LogP contribution in [0.1, 0.15) is 77.6 Å². The number of hydrogen-bond acceptors (Lipinski definition) is 3. The molecule has 168 valence electrons. The number of unbranched alkanes of at least 4 members (excludes halogenated alkanes) is 4. The highest BCUT2D eigenvalue weighted by Gasteiger charge is 2.22. The van der Waals surface area contributed by atoms with Crippen LogP contribution in [0.15, 0.2) is 48.6 Å². The first-order chi connectivity index (χ1) is 14.5. The molecule has 0 aliphatic carbocycles. The normalized spacial score (nSPS) is 13.0. The fraction of sp³-hybridized carbons (Fsp3) is 0.542. The Morgan fingerprint density at radius 2 is 1.27 bits per heavy atom. The zero-order valence-corrected chi connectivity index (χ0v) is 18.1. The van der Waals surface area contributed by atoms with Gasteiger partial charge in [-0.2, -0.15) is 0 Å². The minimum atomic E-state index is -1.38. The number of nitrogens with one attached hydrogen (secondary N) is 1. The Labute approximate surface area is 180 Å². The van der Waals surface area contributed by atoms with Gasteiger partial charge in [0.15, 0.2) is 0 Å². The van der Waals surface area contributed by atoms with Crippen LogP contribution in [-0.4, -0.2) is 34.1 Å². The van der Waals surface area contributed by atoms with Gasteiger partial charge in [0.2, 0.25) is 5.91 Å². The molecule has 0 rings (SSSR count). The van der Waals surface area contributed by atoms with Gasteiger partial charge in [0.25, 0.3) is 0 Å². The van der Waals surface area contributed by atoms with E-state index in [-0.39, 0.29) is 6.42 Å². The van der Waals surface area contributed by atoms with Crippen LogP contribution in [-0.2, 0) is 14.4 Å². The summed E-state index contributed by atoms with van der Waals surface area (Å²) in [5.74, 6) is -3.05. The number of carbonyl (C=O) groups excluding carboxylic acids is 1. The second-order valence-electron chi connectivity index (χ2n) is 7.04. The third kappa shape index (κ3) is 18.7. The first-order valence-electron chi connectivity index (χ1n) is 10.8. The molecule has 0 radical (unpaired) electrons. The molecule has 0 bridgehead atoms. The molecule has 6 heteroatoms. The second kappa shape index (κ2) is 19.7. The lowest BCUT2D eigenvalue weighted by atomic mass is 10.1. The van der Waals surface area contributed by atoms with Crippen molar-refractivity contribution in [3.05, 3.63) is 48.6 Å². The van der Waals surface area contributed by atoms with Crippen LogP contribution in [0.25, 0.3) is 0 Å². The van der Waals surface area contributed by atoms with Crippen molar-refractivity contribution >= 4 is 17.8 Å². The van der Waals surface area contributed by atoms with Gasteiger partial charge in [-0.1, -0.05) is 68.4 Å². The van der Waals surface area contributed by atoms with Gasteiger partial charge < -0.3 is 15.5 Å². The van der Waals surface area contributed by atoms with Crippen molar-refractivity contribution in [1.82, 2.24) is 5.32 Å². The third-order valence-electron chi connectivity index (χ3n) is 4.24. The van der Waals surface area contributed by atoms with Crippen LogP contribution in [0, 0.1) is 0 Å². The number of allylic oxidation sites excluding steroid dienone is 8. The molecule has 3 N–H and O–H groups in total. The average Bonchev–Trinajstić information content (AvgIpc) is 2.69. The monoisotopic (exact) mass is 419 g/mol. The molecule has 0 aliphatic heterocycles. The summed E-state index contributed by atoms with van der Waals surface area (Å²) in [7, 11) is 0. The first kappa shape index (κ1) is 27.4. The van der Waals surface area contributed by atoms with Gasteiger partial charge >= 0.3 is 11.9 Å². The van der Waals surface area contributed by atoms with E-state index in [0.717, 1.165) is 19.3 Å². The molecule has 0 fully saturated rings. The zero-order chi connectivity index (χ0) is 22.5. The predicted octanol–water partition coefficient (Wildman–Crippen LogP) is 5.18. The molecule has 1 atom stereocenters. The Balaban J connectivity index is 3.74. The summed E-state index contributed by atoms with van der Waals surface area (Å²) >= 11 is 0.